The second-order valence-electron chi connectivity index (χ2n) is 5.70. The Kier molecular flexibility index (Phi) is 5.24. The van der Waals surface area contributed by atoms with Crippen LogP contribution in [0.15, 0.2) is 0 Å². The Hall–Kier alpha value is 0.217. The highest BCUT2D eigenvalue weighted by Crippen LogP contribution is 2.34. The minimum absolute atomic E-state index is 0.799. The molecule has 0 spiro atoms. The van der Waals surface area contributed by atoms with Crippen molar-refractivity contribution in [2.75, 3.05) is 0 Å². The topological polar surface area (TPSA) is 0 Å². The summed E-state index contributed by atoms with van der Waals surface area (Å²) < 4.78 is 0. The molecule has 0 nitrogen and oxygen atoms in total. The van der Waals surface area contributed by atoms with Crippen molar-refractivity contribution in [3.63, 3.8) is 0 Å². The Morgan fingerprint density at radius 2 is 0.800 bits per heavy atom. The lowest BCUT2D eigenvalue weighted by Gasteiger charge is -2.20. The van der Waals surface area contributed by atoms with E-state index in [9.17, 15) is 0 Å². The third-order valence-corrected chi connectivity index (χ3v) is 6.77. The maximum atomic E-state index is 1.59. The average molecular weight is 223 g/mol. The predicted molar refractivity (Wildman–Crippen MR) is 70.1 cm³/mol. The molecule has 2 aliphatic carbocycles. The van der Waals surface area contributed by atoms with Crippen molar-refractivity contribution in [1.82, 2.24) is 0 Å². The molecule has 1 radical (unpaired) electrons. The van der Waals surface area contributed by atoms with E-state index in [1.165, 1.54) is 36.8 Å². The molecule has 2 rings (SSSR count). The molecule has 0 aromatic heterocycles. The van der Waals surface area contributed by atoms with Crippen molar-refractivity contribution in [1.29, 1.82) is 0 Å². The van der Waals surface area contributed by atoms with Crippen molar-refractivity contribution in [2.24, 2.45) is 0 Å². The Morgan fingerprint density at radius 1 is 0.467 bits per heavy atom. The zero-order chi connectivity index (χ0) is 10.3. The van der Waals surface area contributed by atoms with Crippen molar-refractivity contribution in [3.8, 4) is 0 Å². The minimum atomic E-state index is 0.799. The van der Waals surface area contributed by atoms with Crippen LogP contribution in [0.3, 0.4) is 0 Å². The highest BCUT2D eigenvalue weighted by atomic mass is 28.2. The van der Waals surface area contributed by atoms with Gasteiger partial charge in [0.1, 0.15) is 0 Å². The molecule has 0 heterocycles. The average Bonchev–Trinajstić information content (AvgIpc) is 2.63. The maximum absolute atomic E-state index is 1.59. The van der Waals surface area contributed by atoms with E-state index in [0.717, 1.165) is 9.52 Å². The van der Waals surface area contributed by atoms with Gasteiger partial charge in [-0.25, -0.2) is 0 Å². The van der Waals surface area contributed by atoms with Crippen LogP contribution in [-0.4, -0.2) is 9.52 Å². The molecule has 2 saturated carbocycles. The lowest BCUT2D eigenvalue weighted by Crippen LogP contribution is -2.10. The van der Waals surface area contributed by atoms with Crippen LogP contribution in [0.25, 0.3) is 0 Å². The van der Waals surface area contributed by atoms with Gasteiger partial charge in [-0.3, -0.25) is 0 Å². The molecular formula is C14H27Si. The van der Waals surface area contributed by atoms with Crippen LogP contribution >= 0.6 is 0 Å². The van der Waals surface area contributed by atoms with E-state index in [1.807, 2.05) is 0 Å². The molecular weight excluding hydrogens is 196 g/mol. The van der Waals surface area contributed by atoms with Gasteiger partial charge < -0.3 is 0 Å². The van der Waals surface area contributed by atoms with E-state index in [4.69, 9.17) is 0 Å². The summed E-state index contributed by atoms with van der Waals surface area (Å²) in [6.45, 7) is 0. The van der Waals surface area contributed by atoms with Crippen molar-refractivity contribution in [3.05, 3.63) is 0 Å². The quantitative estimate of drug-likeness (QED) is 0.470. The molecule has 0 atom stereocenters. The third-order valence-electron chi connectivity index (χ3n) is 4.34. The summed E-state index contributed by atoms with van der Waals surface area (Å²) in [6.07, 6.45) is 18.7. The molecule has 0 N–H and O–H groups in total. The fourth-order valence-corrected chi connectivity index (χ4v) is 5.87. The van der Waals surface area contributed by atoms with Gasteiger partial charge in [-0.05, 0) is 11.1 Å². The lowest BCUT2D eigenvalue weighted by molar-refractivity contribution is 0.641. The second kappa shape index (κ2) is 6.73. The Bertz CT molecular complexity index is 133. The van der Waals surface area contributed by atoms with E-state index < -0.39 is 0 Å². The smallest absolute Gasteiger partial charge is 0.0346 e. The first-order valence-corrected chi connectivity index (χ1v) is 8.63. The highest BCUT2D eigenvalue weighted by Gasteiger charge is 2.19. The molecule has 2 aliphatic rings. The monoisotopic (exact) mass is 223 g/mol. The van der Waals surface area contributed by atoms with E-state index in [1.54, 1.807) is 51.4 Å². The fraction of sp³-hybridized carbons (Fsp3) is 1.00. The van der Waals surface area contributed by atoms with Gasteiger partial charge in [0.25, 0.3) is 0 Å². The van der Waals surface area contributed by atoms with Gasteiger partial charge in [0.2, 0.25) is 0 Å². The van der Waals surface area contributed by atoms with Gasteiger partial charge in [0, 0.05) is 9.52 Å². The summed E-state index contributed by atoms with van der Waals surface area (Å²) in [6, 6.07) is 0. The molecule has 2 fully saturated rings. The highest BCUT2D eigenvalue weighted by molar-refractivity contribution is 6.39. The Labute approximate surface area is 98.0 Å². The van der Waals surface area contributed by atoms with Gasteiger partial charge in [-0.2, -0.15) is 0 Å². The molecule has 0 saturated heterocycles. The molecule has 87 valence electrons. The summed E-state index contributed by atoms with van der Waals surface area (Å²) in [4.78, 5) is 0. The largest absolute Gasteiger partial charge is 0.0533 e. The zero-order valence-corrected chi connectivity index (χ0v) is 11.4. The van der Waals surface area contributed by atoms with Crippen LogP contribution in [0.5, 0.6) is 0 Å². The standard InChI is InChI=1S/C14H27Si/c1-2-6-10-13(9-5-1)15-14-11-7-3-4-8-12-14/h13-15H,1-12H2. The van der Waals surface area contributed by atoms with E-state index in [2.05, 4.69) is 0 Å². The van der Waals surface area contributed by atoms with Gasteiger partial charge in [0.15, 0.2) is 0 Å². The first kappa shape index (κ1) is 11.7. The lowest BCUT2D eigenvalue weighted by atomic mass is 10.2. The summed E-state index contributed by atoms with van der Waals surface area (Å²) >= 11 is 0. The van der Waals surface area contributed by atoms with E-state index >= 15 is 0 Å². The van der Waals surface area contributed by atoms with Crippen molar-refractivity contribution >= 4 is 9.52 Å². The number of hydrogen-bond acceptors (Lipinski definition) is 0. The van der Waals surface area contributed by atoms with Crippen LogP contribution in [0, 0.1) is 0 Å². The molecule has 0 aromatic rings. The van der Waals surface area contributed by atoms with Crippen LogP contribution < -0.4 is 0 Å². The summed E-state index contributed by atoms with van der Waals surface area (Å²) in [7, 11) is 0.799. The number of hydrogen-bond donors (Lipinski definition) is 0. The van der Waals surface area contributed by atoms with Crippen LogP contribution in [0.2, 0.25) is 11.1 Å². The molecule has 15 heavy (non-hydrogen) atoms. The summed E-state index contributed by atoms with van der Waals surface area (Å²) in [5, 5.41) is 0. The number of rotatable bonds is 2. The molecule has 0 aliphatic heterocycles. The molecule has 0 unspecified atom stereocenters. The van der Waals surface area contributed by atoms with Gasteiger partial charge in [0.05, 0.1) is 0 Å². The molecule has 0 aromatic carbocycles. The van der Waals surface area contributed by atoms with Gasteiger partial charge in [-0.15, -0.1) is 0 Å². The first-order valence-electron chi connectivity index (χ1n) is 7.30. The summed E-state index contributed by atoms with van der Waals surface area (Å²) in [5.41, 5.74) is 2.38. The van der Waals surface area contributed by atoms with Crippen LogP contribution in [-0.2, 0) is 0 Å². The molecule has 1 heteroatoms. The van der Waals surface area contributed by atoms with Gasteiger partial charge >= 0.3 is 0 Å². The first-order chi connectivity index (χ1) is 7.45. The van der Waals surface area contributed by atoms with Crippen molar-refractivity contribution in [2.45, 2.75) is 88.1 Å². The SMILES string of the molecule is C1CCCC([SiH]C2CCCCCC2)CC1. The predicted octanol–water partition coefficient (Wildman–Crippen LogP) is 4.71. The van der Waals surface area contributed by atoms with Crippen LogP contribution in [0.1, 0.15) is 77.0 Å². The summed E-state index contributed by atoms with van der Waals surface area (Å²) in [5.74, 6) is 0. The Balaban J connectivity index is 1.73. The van der Waals surface area contributed by atoms with Crippen molar-refractivity contribution < 1.29 is 0 Å². The zero-order valence-electron chi connectivity index (χ0n) is 10.2. The molecule has 0 bridgehead atoms. The Morgan fingerprint density at radius 3 is 1.13 bits per heavy atom. The fourth-order valence-electron chi connectivity index (χ4n) is 3.39. The normalized spacial score (nSPS) is 27.2. The second-order valence-corrected chi connectivity index (χ2v) is 7.97. The van der Waals surface area contributed by atoms with E-state index in [0.29, 0.717) is 0 Å². The van der Waals surface area contributed by atoms with Gasteiger partial charge in [-0.1, -0.05) is 77.0 Å². The van der Waals surface area contributed by atoms with Crippen LogP contribution in [0.4, 0.5) is 0 Å². The van der Waals surface area contributed by atoms with E-state index in [-0.39, 0.29) is 0 Å². The minimum Gasteiger partial charge on any atom is -0.0533 e. The third kappa shape index (κ3) is 4.30. The molecule has 0 amide bonds. The maximum Gasteiger partial charge on any atom is 0.0346 e.